The van der Waals surface area contributed by atoms with E-state index >= 15 is 0 Å². The Morgan fingerprint density at radius 3 is 2.95 bits per heavy atom. The second-order valence-electron chi connectivity index (χ2n) is 5.80. The van der Waals surface area contributed by atoms with Gasteiger partial charge in [-0.3, -0.25) is 4.90 Å². The van der Waals surface area contributed by atoms with Crippen LogP contribution in [0.4, 0.5) is 5.82 Å². The molecule has 1 aromatic carbocycles. The zero-order chi connectivity index (χ0) is 14.9. The van der Waals surface area contributed by atoms with Gasteiger partial charge in [0.05, 0.1) is 18.1 Å². The molecule has 3 heterocycles. The van der Waals surface area contributed by atoms with Crippen LogP contribution in [0.25, 0.3) is 10.9 Å². The minimum Gasteiger partial charge on any atom is -0.383 e. The number of nitrogens with two attached hydrogens (primary N) is 1. The number of nitrogens with one attached hydrogen (secondary N) is 1. The number of nitrogen functional groups attached to an aromatic ring is 1. The Bertz CT molecular complexity index is 781. The fourth-order valence-electron chi connectivity index (χ4n) is 3.32. The van der Waals surface area contributed by atoms with Crippen molar-refractivity contribution in [3.8, 4) is 0 Å². The Labute approximate surface area is 129 Å². The van der Waals surface area contributed by atoms with Crippen molar-refractivity contribution < 1.29 is 0 Å². The molecule has 0 unspecified atom stereocenters. The lowest BCUT2D eigenvalue weighted by Crippen LogP contribution is -2.24. The lowest BCUT2D eigenvalue weighted by Gasteiger charge is -2.23. The minimum absolute atomic E-state index is 0.422. The molecule has 1 aliphatic heterocycles. The fraction of sp³-hybridized carbons (Fsp3) is 0.294. The summed E-state index contributed by atoms with van der Waals surface area (Å²) in [6.07, 6.45) is 4.35. The molecule has 4 rings (SSSR count). The summed E-state index contributed by atoms with van der Waals surface area (Å²) in [6, 6.07) is 12.5. The maximum absolute atomic E-state index is 6.08. The van der Waals surface area contributed by atoms with Crippen LogP contribution >= 0.6 is 0 Å². The smallest absolute Gasteiger partial charge is 0.145 e. The molecule has 1 aliphatic rings. The first kappa shape index (κ1) is 13.3. The van der Waals surface area contributed by atoms with Crippen LogP contribution < -0.4 is 5.73 Å². The number of fused-ring (bicyclic) bond motifs is 1. The third-order valence-corrected chi connectivity index (χ3v) is 4.37. The predicted molar refractivity (Wildman–Crippen MR) is 87.1 cm³/mol. The summed E-state index contributed by atoms with van der Waals surface area (Å²) >= 11 is 0. The van der Waals surface area contributed by atoms with Gasteiger partial charge in [0.25, 0.3) is 0 Å². The molecule has 5 nitrogen and oxygen atoms in total. The quantitative estimate of drug-likeness (QED) is 0.779. The standard InChI is InChI=1S/C17H19N5/c18-17-12-5-1-2-6-13(12)20-16(21-17)11-22-10-4-8-15(22)14-7-3-9-19-14/h1-3,5-7,9,15,19H,4,8,10-11H2,(H2,18,20,21)/t15-/m0/s1. The molecule has 5 heteroatoms. The van der Waals surface area contributed by atoms with Crippen molar-refractivity contribution in [2.45, 2.75) is 25.4 Å². The Balaban J connectivity index is 1.63. The molecule has 1 fully saturated rings. The lowest BCUT2D eigenvalue weighted by molar-refractivity contribution is 0.239. The summed E-state index contributed by atoms with van der Waals surface area (Å²) in [4.78, 5) is 14.9. The van der Waals surface area contributed by atoms with Crippen molar-refractivity contribution in [2.75, 3.05) is 12.3 Å². The second kappa shape index (κ2) is 5.42. The molecule has 0 bridgehead atoms. The van der Waals surface area contributed by atoms with E-state index < -0.39 is 0 Å². The zero-order valence-electron chi connectivity index (χ0n) is 12.4. The normalized spacial score (nSPS) is 19.0. The third kappa shape index (κ3) is 2.33. The highest BCUT2D eigenvalue weighted by molar-refractivity contribution is 5.87. The Morgan fingerprint density at radius 2 is 2.09 bits per heavy atom. The molecular formula is C17H19N5. The van der Waals surface area contributed by atoms with Crippen molar-refractivity contribution in [3.63, 3.8) is 0 Å². The van der Waals surface area contributed by atoms with Gasteiger partial charge < -0.3 is 10.7 Å². The van der Waals surface area contributed by atoms with E-state index in [0.717, 1.165) is 29.8 Å². The highest BCUT2D eigenvalue weighted by atomic mass is 15.2. The summed E-state index contributed by atoms with van der Waals surface area (Å²) in [5.41, 5.74) is 8.27. The largest absolute Gasteiger partial charge is 0.383 e. The van der Waals surface area contributed by atoms with Gasteiger partial charge in [0.2, 0.25) is 0 Å². The van der Waals surface area contributed by atoms with Crippen molar-refractivity contribution >= 4 is 16.7 Å². The Kier molecular flexibility index (Phi) is 3.27. The van der Waals surface area contributed by atoms with E-state index in [1.54, 1.807) is 0 Å². The number of hydrogen-bond donors (Lipinski definition) is 2. The second-order valence-corrected chi connectivity index (χ2v) is 5.80. The number of likely N-dealkylation sites (tertiary alicyclic amines) is 1. The molecule has 0 aliphatic carbocycles. The number of H-pyrrole nitrogens is 1. The molecule has 3 aromatic rings. The minimum atomic E-state index is 0.422. The van der Waals surface area contributed by atoms with Crippen LogP contribution in [0.3, 0.4) is 0 Å². The fourth-order valence-corrected chi connectivity index (χ4v) is 3.32. The van der Waals surface area contributed by atoms with Crippen molar-refractivity contribution in [2.24, 2.45) is 0 Å². The van der Waals surface area contributed by atoms with Gasteiger partial charge in [-0.05, 0) is 43.7 Å². The number of para-hydroxylation sites is 1. The van der Waals surface area contributed by atoms with E-state index in [-0.39, 0.29) is 0 Å². The summed E-state index contributed by atoms with van der Waals surface area (Å²) in [7, 11) is 0. The Morgan fingerprint density at radius 1 is 1.18 bits per heavy atom. The third-order valence-electron chi connectivity index (χ3n) is 4.37. The highest BCUT2D eigenvalue weighted by Crippen LogP contribution is 2.32. The van der Waals surface area contributed by atoms with E-state index in [9.17, 15) is 0 Å². The first-order valence-electron chi connectivity index (χ1n) is 7.70. The van der Waals surface area contributed by atoms with Gasteiger partial charge in [-0.15, -0.1) is 0 Å². The number of hydrogen-bond acceptors (Lipinski definition) is 4. The summed E-state index contributed by atoms with van der Waals surface area (Å²) in [6.45, 7) is 1.80. The number of rotatable bonds is 3. The molecular weight excluding hydrogens is 274 g/mol. The van der Waals surface area contributed by atoms with E-state index in [4.69, 9.17) is 5.73 Å². The first-order chi connectivity index (χ1) is 10.8. The molecule has 3 N–H and O–H groups in total. The van der Waals surface area contributed by atoms with E-state index in [1.165, 1.54) is 18.5 Å². The van der Waals surface area contributed by atoms with E-state index in [1.807, 2.05) is 30.5 Å². The number of anilines is 1. The molecule has 0 spiro atoms. The molecule has 1 atom stereocenters. The van der Waals surface area contributed by atoms with Crippen LogP contribution in [0.5, 0.6) is 0 Å². The van der Waals surface area contributed by atoms with Crippen LogP contribution in [-0.2, 0) is 6.54 Å². The highest BCUT2D eigenvalue weighted by Gasteiger charge is 2.27. The van der Waals surface area contributed by atoms with Crippen LogP contribution in [-0.4, -0.2) is 26.4 Å². The first-order valence-corrected chi connectivity index (χ1v) is 7.70. The monoisotopic (exact) mass is 293 g/mol. The number of aromatic amines is 1. The van der Waals surface area contributed by atoms with Gasteiger partial charge in [-0.2, -0.15) is 0 Å². The number of nitrogens with zero attached hydrogens (tertiary/aromatic N) is 3. The molecule has 22 heavy (non-hydrogen) atoms. The average molecular weight is 293 g/mol. The van der Waals surface area contributed by atoms with Gasteiger partial charge in [0.15, 0.2) is 0 Å². The topological polar surface area (TPSA) is 70.8 Å². The maximum Gasteiger partial charge on any atom is 0.145 e. The molecule has 2 aromatic heterocycles. The van der Waals surface area contributed by atoms with Crippen LogP contribution in [0.1, 0.15) is 30.4 Å². The summed E-state index contributed by atoms with van der Waals surface area (Å²) < 4.78 is 0. The molecule has 0 radical (unpaired) electrons. The van der Waals surface area contributed by atoms with Gasteiger partial charge in [-0.1, -0.05) is 12.1 Å². The van der Waals surface area contributed by atoms with Gasteiger partial charge >= 0.3 is 0 Å². The maximum atomic E-state index is 6.08. The van der Waals surface area contributed by atoms with Gasteiger partial charge in [-0.25, -0.2) is 9.97 Å². The summed E-state index contributed by atoms with van der Waals surface area (Å²) in [5, 5.41) is 0.925. The van der Waals surface area contributed by atoms with Crippen LogP contribution in [0.15, 0.2) is 42.6 Å². The molecule has 112 valence electrons. The SMILES string of the molecule is Nc1nc(CN2CCC[C@H]2c2ccc[nH]2)nc2ccccc12. The van der Waals surface area contributed by atoms with Crippen molar-refractivity contribution in [3.05, 3.63) is 54.1 Å². The van der Waals surface area contributed by atoms with Crippen LogP contribution in [0, 0.1) is 0 Å². The average Bonchev–Trinajstić information content (AvgIpc) is 3.18. The van der Waals surface area contributed by atoms with Gasteiger partial charge in [0.1, 0.15) is 11.6 Å². The van der Waals surface area contributed by atoms with Gasteiger partial charge in [0, 0.05) is 17.3 Å². The van der Waals surface area contributed by atoms with Crippen molar-refractivity contribution in [1.82, 2.24) is 19.9 Å². The predicted octanol–water partition coefficient (Wildman–Crippen LogP) is 2.88. The van der Waals surface area contributed by atoms with Crippen molar-refractivity contribution in [1.29, 1.82) is 0 Å². The number of benzene rings is 1. The zero-order valence-corrected chi connectivity index (χ0v) is 12.4. The number of aromatic nitrogens is 3. The molecule has 0 saturated carbocycles. The lowest BCUT2D eigenvalue weighted by atomic mass is 10.1. The molecule has 1 saturated heterocycles. The van der Waals surface area contributed by atoms with E-state index in [0.29, 0.717) is 11.9 Å². The van der Waals surface area contributed by atoms with E-state index in [2.05, 4.69) is 32.0 Å². The summed E-state index contributed by atoms with van der Waals surface area (Å²) in [5.74, 6) is 1.37. The molecule has 0 amide bonds. The Hall–Kier alpha value is -2.40. The van der Waals surface area contributed by atoms with Crippen LogP contribution in [0.2, 0.25) is 0 Å².